The fraction of sp³-hybridized carbons (Fsp3) is 0.880. The average molecular weight is 946 g/mol. The average Bonchev–Trinajstić information content (AvgIpc) is 3.54. The molecule has 0 spiro atoms. The van der Waals surface area contributed by atoms with Gasteiger partial charge in [-0.2, -0.15) is 0 Å². The molecule has 0 bridgehead atoms. The summed E-state index contributed by atoms with van der Waals surface area (Å²) in [6.45, 7) is 2.51. The van der Waals surface area contributed by atoms with Crippen LogP contribution in [0.5, 0.6) is 0 Å². The molecule has 0 heterocycles. The van der Waals surface area contributed by atoms with Gasteiger partial charge in [-0.05, 0) is 31.6 Å². The Morgan fingerprint density at radius 1 is 0.677 bits per heavy atom. The van der Waals surface area contributed by atoms with Crippen molar-refractivity contribution in [2.75, 3.05) is 19.8 Å². The maximum atomic E-state index is 12.8. The molecule has 1 aliphatic rings. The van der Waals surface area contributed by atoms with Crippen LogP contribution in [0.4, 0.5) is 0 Å². The number of unbranched alkanes of at least 4 members (excludes halogenated alkanes) is 25. The van der Waals surface area contributed by atoms with E-state index in [9.17, 15) is 38.8 Å². The van der Waals surface area contributed by atoms with Crippen LogP contribution >= 0.6 is 7.82 Å². The summed E-state index contributed by atoms with van der Waals surface area (Å²) in [4.78, 5) is 59.0. The lowest BCUT2D eigenvalue weighted by atomic mass is 9.88. The molecular weight excluding hydrogens is 854 g/mol. The number of hydrogen-bond acceptors (Lipinski definition) is 12. The molecule has 7 atom stereocenters. The lowest BCUT2D eigenvalue weighted by Gasteiger charge is -2.20. The molecule has 380 valence electrons. The quantitative estimate of drug-likeness (QED) is 0.0166. The highest BCUT2D eigenvalue weighted by atomic mass is 31.2. The van der Waals surface area contributed by atoms with Gasteiger partial charge in [0, 0.05) is 25.2 Å². The minimum absolute atomic E-state index is 0.0227. The number of rotatable bonds is 45. The second-order valence-electron chi connectivity index (χ2n) is 18.4. The molecule has 0 aromatic carbocycles. The third-order valence-corrected chi connectivity index (χ3v) is 13.4. The fourth-order valence-corrected chi connectivity index (χ4v) is 9.10. The van der Waals surface area contributed by atoms with Crippen molar-refractivity contribution >= 4 is 31.5 Å². The van der Waals surface area contributed by atoms with Gasteiger partial charge in [0.2, 0.25) is 0 Å². The number of phosphoric ester groups is 1. The number of carboxylic acid groups (broad SMARTS) is 1. The number of phosphoric acid groups is 1. The van der Waals surface area contributed by atoms with Gasteiger partial charge >= 0.3 is 25.7 Å². The molecule has 15 heteroatoms. The van der Waals surface area contributed by atoms with Crippen LogP contribution in [0.15, 0.2) is 12.2 Å². The van der Waals surface area contributed by atoms with E-state index in [0.717, 1.165) is 51.4 Å². The number of carbonyl (C=O) groups is 4. The highest BCUT2D eigenvalue weighted by Gasteiger charge is 2.39. The van der Waals surface area contributed by atoms with Crippen molar-refractivity contribution in [2.45, 2.75) is 250 Å². The van der Waals surface area contributed by atoms with E-state index in [1.54, 1.807) is 12.2 Å². The van der Waals surface area contributed by atoms with Crippen molar-refractivity contribution in [1.82, 2.24) is 0 Å². The monoisotopic (exact) mass is 946 g/mol. The van der Waals surface area contributed by atoms with Gasteiger partial charge in [0.15, 0.2) is 6.10 Å². The first-order chi connectivity index (χ1) is 31.3. The van der Waals surface area contributed by atoms with Crippen molar-refractivity contribution in [3.63, 3.8) is 0 Å². The van der Waals surface area contributed by atoms with E-state index in [2.05, 4.69) is 18.4 Å². The van der Waals surface area contributed by atoms with E-state index >= 15 is 0 Å². The topological polar surface area (TPSA) is 229 Å². The molecule has 0 radical (unpaired) electrons. The third kappa shape index (κ3) is 33.9. The van der Waals surface area contributed by atoms with Crippen molar-refractivity contribution in [2.24, 2.45) is 17.6 Å². The fourth-order valence-electron chi connectivity index (χ4n) is 8.32. The van der Waals surface area contributed by atoms with Gasteiger partial charge in [0.25, 0.3) is 0 Å². The Hall–Kier alpha value is -2.19. The van der Waals surface area contributed by atoms with Crippen LogP contribution in [0.1, 0.15) is 226 Å². The molecule has 14 nitrogen and oxygen atoms in total. The van der Waals surface area contributed by atoms with E-state index in [1.807, 2.05) is 0 Å². The lowest BCUT2D eigenvalue weighted by Crippen LogP contribution is -2.34. The Morgan fingerprint density at radius 3 is 1.63 bits per heavy atom. The van der Waals surface area contributed by atoms with Crippen LogP contribution in [-0.2, 0) is 42.3 Å². The number of esters is 2. The summed E-state index contributed by atoms with van der Waals surface area (Å²) >= 11 is 0. The molecule has 65 heavy (non-hydrogen) atoms. The molecule has 1 saturated carbocycles. The van der Waals surface area contributed by atoms with Crippen LogP contribution in [0, 0.1) is 11.8 Å². The van der Waals surface area contributed by atoms with Crippen LogP contribution in [0.2, 0.25) is 0 Å². The van der Waals surface area contributed by atoms with Crippen molar-refractivity contribution < 1.29 is 62.5 Å². The number of aliphatic hydroxyl groups excluding tert-OH is 2. The number of nitrogens with two attached hydrogens (primary N) is 1. The number of aliphatic carboxylic acids is 1. The molecule has 0 aliphatic heterocycles. The minimum Gasteiger partial charge on any atom is -0.480 e. The van der Waals surface area contributed by atoms with E-state index in [1.165, 1.54) is 109 Å². The second kappa shape index (κ2) is 39.8. The van der Waals surface area contributed by atoms with Gasteiger partial charge in [-0.3, -0.25) is 28.2 Å². The Kier molecular flexibility index (Phi) is 37.2. The van der Waals surface area contributed by atoms with Gasteiger partial charge in [-0.1, -0.05) is 193 Å². The van der Waals surface area contributed by atoms with E-state index < -0.39 is 75.8 Å². The van der Waals surface area contributed by atoms with E-state index in [-0.39, 0.29) is 31.0 Å². The third-order valence-electron chi connectivity index (χ3n) is 12.4. The zero-order valence-corrected chi connectivity index (χ0v) is 41.5. The zero-order chi connectivity index (χ0) is 48.0. The number of ketones is 1. The predicted molar refractivity (Wildman–Crippen MR) is 255 cm³/mol. The summed E-state index contributed by atoms with van der Waals surface area (Å²) in [5, 5.41) is 29.7. The molecular formula is C50H92NO13P. The lowest BCUT2D eigenvalue weighted by molar-refractivity contribution is -0.161. The maximum absolute atomic E-state index is 12.8. The molecule has 0 amide bonds. The van der Waals surface area contributed by atoms with Crippen molar-refractivity contribution in [1.29, 1.82) is 0 Å². The first kappa shape index (κ1) is 60.8. The van der Waals surface area contributed by atoms with Crippen LogP contribution in [-0.4, -0.2) is 88.1 Å². The molecule has 0 saturated heterocycles. The van der Waals surface area contributed by atoms with Gasteiger partial charge in [0.1, 0.15) is 18.4 Å². The van der Waals surface area contributed by atoms with E-state index in [0.29, 0.717) is 32.1 Å². The smallest absolute Gasteiger partial charge is 0.472 e. The van der Waals surface area contributed by atoms with Gasteiger partial charge in [0.05, 0.1) is 25.4 Å². The minimum atomic E-state index is -4.78. The number of carbonyl (C=O) groups excluding carboxylic acids is 3. The Morgan fingerprint density at radius 2 is 1.12 bits per heavy atom. The van der Waals surface area contributed by atoms with Crippen LogP contribution in [0.3, 0.4) is 0 Å². The second-order valence-corrected chi connectivity index (χ2v) is 19.9. The summed E-state index contributed by atoms with van der Waals surface area (Å²) < 4.78 is 32.8. The standard InChI is InChI=1S/C50H92NO13P/c1-3-5-7-8-9-10-11-12-13-14-15-16-17-18-19-20-21-22-23-24-29-33-48(55)61-38-42(39-62-65(59,60)63-40-45(51)50(57)58)64-49(56)34-30-26-25-28-32-43-44(47(54)37-46(43)53)36-35-41(52)31-27-6-4-2/h35-36,41-46,52-53H,3-34,37-40,51H2,1-2H3,(H,57,58)(H,59,60)/b36-35+/t41-,42+,43+,44+,45-,46-/m0/s1. The number of ether oxygens (including phenoxy) is 2. The zero-order valence-electron chi connectivity index (χ0n) is 40.6. The van der Waals surface area contributed by atoms with Crippen molar-refractivity contribution in [3.05, 3.63) is 12.2 Å². The maximum Gasteiger partial charge on any atom is 0.472 e. The highest BCUT2D eigenvalue weighted by molar-refractivity contribution is 7.47. The largest absolute Gasteiger partial charge is 0.480 e. The first-order valence-electron chi connectivity index (χ1n) is 25.8. The summed E-state index contributed by atoms with van der Waals surface area (Å²) in [5.74, 6) is -3.22. The molecule has 0 aromatic rings. The number of hydrogen-bond donors (Lipinski definition) is 5. The Balaban J connectivity index is 2.35. The normalized spacial score (nSPS) is 18.7. The molecule has 1 fully saturated rings. The van der Waals surface area contributed by atoms with Gasteiger partial charge in [-0.15, -0.1) is 0 Å². The number of allylic oxidation sites excluding steroid dienone is 1. The molecule has 6 N–H and O–H groups in total. The van der Waals surface area contributed by atoms with Gasteiger partial charge < -0.3 is 35.4 Å². The van der Waals surface area contributed by atoms with Crippen LogP contribution < -0.4 is 5.73 Å². The number of Topliss-reactive ketones (excluding diaryl/α,β-unsaturated/α-hetero) is 1. The summed E-state index contributed by atoms with van der Waals surface area (Å²) in [7, 11) is -4.78. The molecule has 1 aliphatic carbocycles. The molecule has 0 aromatic heterocycles. The van der Waals surface area contributed by atoms with Gasteiger partial charge in [-0.25, -0.2) is 4.57 Å². The molecule has 1 rings (SSSR count). The van der Waals surface area contributed by atoms with Crippen LogP contribution in [0.25, 0.3) is 0 Å². The summed E-state index contributed by atoms with van der Waals surface area (Å²) in [6.07, 6.45) is 34.6. The van der Waals surface area contributed by atoms with E-state index in [4.69, 9.17) is 24.8 Å². The van der Waals surface area contributed by atoms with Crippen molar-refractivity contribution in [3.8, 4) is 0 Å². The first-order valence-corrected chi connectivity index (χ1v) is 27.3. The number of carboxylic acids is 1. The summed E-state index contributed by atoms with van der Waals surface area (Å²) in [5.41, 5.74) is 5.35. The highest BCUT2D eigenvalue weighted by Crippen LogP contribution is 2.43. The Bertz CT molecular complexity index is 1320. The SMILES string of the molecule is CCCCCCCCCCCCCCCCCCCCCCCC(=O)OC[C@H](COP(=O)(O)OC[C@H](N)C(=O)O)OC(=O)CCCCCC[C@H]1[C@@H](O)CC(=O)[C@@H]1/C=C/[C@@H](O)CCCCC. The summed E-state index contributed by atoms with van der Waals surface area (Å²) in [6, 6.07) is -1.56. The predicted octanol–water partition coefficient (Wildman–Crippen LogP) is 11.0. The number of aliphatic hydroxyl groups is 2. The molecule has 1 unspecified atom stereocenters. The Labute approximate surface area is 392 Å².